The van der Waals surface area contributed by atoms with Crippen LogP contribution in [0.15, 0.2) is 29.2 Å². The average molecular weight is 359 g/mol. The fourth-order valence-electron chi connectivity index (χ4n) is 4.73. The predicted octanol–water partition coefficient (Wildman–Crippen LogP) is 2.15. The number of nitrogens with two attached hydrogens (primary N) is 1. The molecule has 2 bridgehead atoms. The number of hydrogen-bond acceptors (Lipinski definition) is 4. The molecule has 2 saturated carbocycles. The number of thioether (sulfide) groups is 1. The number of fused-ring (bicyclic) bond motifs is 3. The van der Waals surface area contributed by atoms with E-state index in [2.05, 4.69) is 5.32 Å². The van der Waals surface area contributed by atoms with E-state index in [-0.39, 0.29) is 30.4 Å². The van der Waals surface area contributed by atoms with Crippen LogP contribution in [0.5, 0.6) is 0 Å². The van der Waals surface area contributed by atoms with E-state index in [1.165, 1.54) is 6.42 Å². The summed E-state index contributed by atoms with van der Waals surface area (Å²) < 4.78 is 0. The van der Waals surface area contributed by atoms with E-state index in [0.29, 0.717) is 17.6 Å². The second-order valence-electron chi connectivity index (χ2n) is 7.51. The molecule has 25 heavy (non-hydrogen) atoms. The Bertz CT molecular complexity index is 666. The van der Waals surface area contributed by atoms with Gasteiger partial charge < -0.3 is 16.0 Å². The molecule has 1 aromatic carbocycles. The summed E-state index contributed by atoms with van der Waals surface area (Å²) in [7, 11) is 0. The maximum Gasteiger partial charge on any atom is 0.240 e. The molecular weight excluding hydrogens is 334 g/mol. The van der Waals surface area contributed by atoms with Gasteiger partial charge in [0, 0.05) is 17.0 Å². The Labute approximate surface area is 152 Å². The molecule has 4 rings (SSSR count). The summed E-state index contributed by atoms with van der Waals surface area (Å²) in [5.74, 6) is 1.34. The van der Waals surface area contributed by atoms with Crippen LogP contribution in [0.3, 0.4) is 0 Å². The number of hydrogen-bond donors (Lipinski definition) is 2. The summed E-state index contributed by atoms with van der Waals surface area (Å²) in [5, 5.41) is 3.24. The number of anilines is 1. The summed E-state index contributed by atoms with van der Waals surface area (Å²) in [6, 6.07) is 8.30. The van der Waals surface area contributed by atoms with Crippen LogP contribution in [0.25, 0.3) is 0 Å². The van der Waals surface area contributed by atoms with Gasteiger partial charge in [0.15, 0.2) is 0 Å². The van der Waals surface area contributed by atoms with Crippen molar-refractivity contribution in [2.75, 3.05) is 17.2 Å². The number of carbonyl (C=O) groups is 2. The van der Waals surface area contributed by atoms with E-state index in [1.54, 1.807) is 16.7 Å². The lowest BCUT2D eigenvalue weighted by Crippen LogP contribution is -2.55. The zero-order valence-corrected chi connectivity index (χ0v) is 15.1. The van der Waals surface area contributed by atoms with Crippen LogP contribution in [0.2, 0.25) is 0 Å². The molecule has 1 aromatic rings. The number of benzene rings is 1. The molecule has 1 heterocycles. The van der Waals surface area contributed by atoms with Crippen molar-refractivity contribution in [3.05, 3.63) is 24.3 Å². The molecule has 0 aromatic heterocycles. The van der Waals surface area contributed by atoms with Gasteiger partial charge in [-0.25, -0.2) is 0 Å². The highest BCUT2D eigenvalue weighted by atomic mass is 32.2. The molecule has 0 radical (unpaired) electrons. The van der Waals surface area contributed by atoms with Crippen molar-refractivity contribution in [3.8, 4) is 0 Å². The molecule has 2 fully saturated rings. The summed E-state index contributed by atoms with van der Waals surface area (Å²) in [6.07, 6.45) is 5.55. The lowest BCUT2D eigenvalue weighted by Gasteiger charge is -2.45. The average Bonchev–Trinajstić information content (AvgIpc) is 2.58. The summed E-state index contributed by atoms with van der Waals surface area (Å²) in [5.41, 5.74) is 7.02. The third kappa shape index (κ3) is 3.42. The van der Waals surface area contributed by atoms with Crippen LogP contribution >= 0.6 is 11.8 Å². The van der Waals surface area contributed by atoms with Gasteiger partial charge in [0.1, 0.15) is 6.54 Å². The maximum atomic E-state index is 12.7. The minimum absolute atomic E-state index is 0.00436. The molecule has 3 N–H and O–H groups in total. The van der Waals surface area contributed by atoms with Gasteiger partial charge in [-0.15, -0.1) is 11.8 Å². The van der Waals surface area contributed by atoms with Crippen LogP contribution < -0.4 is 16.0 Å². The largest absolute Gasteiger partial charge is 0.351 e. The van der Waals surface area contributed by atoms with Gasteiger partial charge in [0.2, 0.25) is 11.8 Å². The number of carbonyl (C=O) groups excluding carboxylic acids is 2. The number of rotatable bonds is 3. The minimum Gasteiger partial charge on any atom is -0.351 e. The van der Waals surface area contributed by atoms with Crippen molar-refractivity contribution in [1.29, 1.82) is 0 Å². The fraction of sp³-hybridized carbons (Fsp3) is 0.579. The first kappa shape index (κ1) is 16.9. The van der Waals surface area contributed by atoms with Gasteiger partial charge >= 0.3 is 0 Å². The zero-order valence-electron chi connectivity index (χ0n) is 14.3. The molecule has 6 heteroatoms. The predicted molar refractivity (Wildman–Crippen MR) is 99.5 cm³/mol. The first-order chi connectivity index (χ1) is 12.1. The lowest BCUT2D eigenvalue weighted by atomic mass is 9.67. The van der Waals surface area contributed by atoms with Gasteiger partial charge in [-0.05, 0) is 49.7 Å². The van der Waals surface area contributed by atoms with E-state index in [1.807, 2.05) is 24.3 Å². The summed E-state index contributed by atoms with van der Waals surface area (Å²) >= 11 is 1.54. The third-order valence-electron chi connectivity index (χ3n) is 5.81. The second kappa shape index (κ2) is 7.00. The van der Waals surface area contributed by atoms with Crippen molar-refractivity contribution < 1.29 is 9.59 Å². The summed E-state index contributed by atoms with van der Waals surface area (Å²) in [4.78, 5) is 27.7. The molecule has 1 aliphatic heterocycles. The normalized spacial score (nSPS) is 31.4. The van der Waals surface area contributed by atoms with Crippen LogP contribution in [-0.4, -0.2) is 36.2 Å². The first-order valence-electron chi connectivity index (χ1n) is 9.19. The SMILES string of the molecule is NC1CC2CCCC(C1)C2NC(=O)CN1C(=O)CSc2ccccc21. The van der Waals surface area contributed by atoms with Gasteiger partial charge in [-0.1, -0.05) is 18.6 Å². The van der Waals surface area contributed by atoms with Crippen LogP contribution in [0, 0.1) is 11.8 Å². The Hall–Kier alpha value is -1.53. The van der Waals surface area contributed by atoms with Crippen molar-refractivity contribution in [1.82, 2.24) is 5.32 Å². The van der Waals surface area contributed by atoms with Crippen molar-refractivity contribution in [2.45, 2.75) is 49.1 Å². The minimum atomic E-state index is -0.0487. The third-order valence-corrected chi connectivity index (χ3v) is 6.86. The standard InChI is InChI=1S/C19H25N3O2S/c20-14-8-12-4-3-5-13(9-14)19(12)21-17(23)10-22-15-6-1-2-7-16(15)25-11-18(22)24/h1-2,6-7,12-14,19H,3-5,8-11,20H2,(H,21,23). The van der Waals surface area contributed by atoms with Gasteiger partial charge in [0.05, 0.1) is 11.4 Å². The quantitative estimate of drug-likeness (QED) is 0.867. The number of amides is 2. The van der Waals surface area contributed by atoms with Gasteiger partial charge in [0.25, 0.3) is 0 Å². The van der Waals surface area contributed by atoms with Gasteiger partial charge in [-0.2, -0.15) is 0 Å². The first-order valence-corrected chi connectivity index (χ1v) is 10.2. The van der Waals surface area contributed by atoms with Crippen LogP contribution in [-0.2, 0) is 9.59 Å². The van der Waals surface area contributed by atoms with Crippen molar-refractivity contribution in [3.63, 3.8) is 0 Å². The Morgan fingerprint density at radius 1 is 1.24 bits per heavy atom. The number of nitrogens with zero attached hydrogens (tertiary/aromatic N) is 1. The second-order valence-corrected chi connectivity index (χ2v) is 8.53. The van der Waals surface area contributed by atoms with E-state index in [9.17, 15) is 9.59 Å². The number of nitrogens with one attached hydrogen (secondary N) is 1. The molecule has 0 saturated heterocycles. The molecular formula is C19H25N3O2S. The van der Waals surface area contributed by atoms with Crippen molar-refractivity contribution in [2.24, 2.45) is 17.6 Å². The highest BCUT2D eigenvalue weighted by Crippen LogP contribution is 2.40. The molecule has 2 unspecified atom stereocenters. The maximum absolute atomic E-state index is 12.7. The molecule has 0 spiro atoms. The zero-order chi connectivity index (χ0) is 17.4. The Kier molecular flexibility index (Phi) is 4.73. The highest BCUT2D eigenvalue weighted by molar-refractivity contribution is 8.00. The molecule has 2 aliphatic carbocycles. The molecule has 3 aliphatic rings. The molecule has 134 valence electrons. The van der Waals surface area contributed by atoms with E-state index in [0.717, 1.165) is 36.3 Å². The lowest BCUT2D eigenvalue weighted by molar-refractivity contribution is -0.124. The fourth-order valence-corrected chi connectivity index (χ4v) is 5.66. The van der Waals surface area contributed by atoms with E-state index < -0.39 is 0 Å². The Morgan fingerprint density at radius 2 is 1.96 bits per heavy atom. The van der Waals surface area contributed by atoms with E-state index in [4.69, 9.17) is 5.73 Å². The molecule has 5 nitrogen and oxygen atoms in total. The Balaban J connectivity index is 1.45. The smallest absolute Gasteiger partial charge is 0.240 e. The number of para-hydroxylation sites is 1. The van der Waals surface area contributed by atoms with Crippen molar-refractivity contribution >= 4 is 29.3 Å². The summed E-state index contributed by atoms with van der Waals surface area (Å²) in [6.45, 7) is 0.110. The topological polar surface area (TPSA) is 75.4 Å². The highest BCUT2D eigenvalue weighted by Gasteiger charge is 2.40. The Morgan fingerprint density at radius 3 is 2.72 bits per heavy atom. The molecule has 2 atom stereocenters. The van der Waals surface area contributed by atoms with E-state index >= 15 is 0 Å². The van der Waals surface area contributed by atoms with Gasteiger partial charge in [-0.3, -0.25) is 9.59 Å². The van der Waals surface area contributed by atoms with Crippen LogP contribution in [0.1, 0.15) is 32.1 Å². The monoisotopic (exact) mass is 359 g/mol. The van der Waals surface area contributed by atoms with Crippen LogP contribution in [0.4, 0.5) is 5.69 Å². The molecule has 2 amide bonds.